The summed E-state index contributed by atoms with van der Waals surface area (Å²) in [5, 5.41) is 5.44. The molecule has 120 valence electrons. The predicted octanol–water partition coefficient (Wildman–Crippen LogP) is 1.92. The van der Waals surface area contributed by atoms with Gasteiger partial charge in [0.1, 0.15) is 5.75 Å². The van der Waals surface area contributed by atoms with E-state index in [1.807, 2.05) is 31.2 Å². The van der Waals surface area contributed by atoms with Crippen molar-refractivity contribution in [1.29, 1.82) is 0 Å². The minimum absolute atomic E-state index is 0.0456. The first-order chi connectivity index (χ1) is 11.1. The van der Waals surface area contributed by atoms with Crippen molar-refractivity contribution in [3.05, 3.63) is 65.7 Å². The van der Waals surface area contributed by atoms with Crippen LogP contribution in [0.4, 0.5) is 0 Å². The Morgan fingerprint density at radius 3 is 2.43 bits per heavy atom. The van der Waals surface area contributed by atoms with Crippen LogP contribution < -0.4 is 15.4 Å². The molecule has 0 saturated carbocycles. The van der Waals surface area contributed by atoms with Gasteiger partial charge >= 0.3 is 0 Å². The van der Waals surface area contributed by atoms with E-state index >= 15 is 0 Å². The molecule has 0 aromatic heterocycles. The number of ether oxygens (including phenoxy) is 1. The molecule has 0 atom stereocenters. The Morgan fingerprint density at radius 2 is 1.70 bits per heavy atom. The molecule has 5 nitrogen and oxygen atoms in total. The van der Waals surface area contributed by atoms with Gasteiger partial charge in [0.05, 0.1) is 0 Å². The summed E-state index contributed by atoms with van der Waals surface area (Å²) in [5.41, 5.74) is 1.67. The van der Waals surface area contributed by atoms with Gasteiger partial charge in [0.25, 0.3) is 11.8 Å². The van der Waals surface area contributed by atoms with Crippen LogP contribution >= 0.6 is 0 Å². The Bertz CT molecular complexity index is 656. The molecule has 0 saturated heterocycles. The Labute approximate surface area is 135 Å². The van der Waals surface area contributed by atoms with Crippen LogP contribution in [0.15, 0.2) is 54.6 Å². The monoisotopic (exact) mass is 312 g/mol. The van der Waals surface area contributed by atoms with Crippen molar-refractivity contribution in [2.75, 3.05) is 19.7 Å². The van der Waals surface area contributed by atoms with Crippen LogP contribution in [0.5, 0.6) is 5.75 Å². The SMILES string of the molecule is Cc1cccc(OCC(=O)NCCNC(=O)c2ccccc2)c1. The molecule has 0 radical (unpaired) electrons. The zero-order chi connectivity index (χ0) is 16.5. The van der Waals surface area contributed by atoms with Crippen LogP contribution in [0.3, 0.4) is 0 Å². The van der Waals surface area contributed by atoms with E-state index in [0.717, 1.165) is 5.56 Å². The fourth-order valence-electron chi connectivity index (χ4n) is 1.97. The molecule has 2 N–H and O–H groups in total. The summed E-state index contributed by atoms with van der Waals surface area (Å²) in [5.74, 6) is 0.286. The summed E-state index contributed by atoms with van der Waals surface area (Å²) in [6.07, 6.45) is 0. The number of carbonyl (C=O) groups excluding carboxylic acids is 2. The highest BCUT2D eigenvalue weighted by atomic mass is 16.5. The average molecular weight is 312 g/mol. The highest BCUT2D eigenvalue weighted by Crippen LogP contribution is 2.11. The molecular weight excluding hydrogens is 292 g/mol. The lowest BCUT2D eigenvalue weighted by molar-refractivity contribution is -0.123. The predicted molar refractivity (Wildman–Crippen MR) is 88.5 cm³/mol. The van der Waals surface area contributed by atoms with E-state index in [0.29, 0.717) is 24.4 Å². The van der Waals surface area contributed by atoms with Crippen LogP contribution in [0.2, 0.25) is 0 Å². The third-order valence-corrected chi connectivity index (χ3v) is 3.13. The van der Waals surface area contributed by atoms with E-state index in [4.69, 9.17) is 4.74 Å². The van der Waals surface area contributed by atoms with Gasteiger partial charge in [-0.05, 0) is 36.8 Å². The molecule has 2 rings (SSSR count). The first kappa shape index (κ1) is 16.5. The Kier molecular flexibility index (Phi) is 6.17. The maximum atomic E-state index is 11.8. The van der Waals surface area contributed by atoms with Crippen LogP contribution in [0.25, 0.3) is 0 Å². The number of amides is 2. The Morgan fingerprint density at radius 1 is 0.957 bits per heavy atom. The van der Waals surface area contributed by atoms with Crippen molar-refractivity contribution in [3.63, 3.8) is 0 Å². The lowest BCUT2D eigenvalue weighted by Crippen LogP contribution is -2.36. The molecule has 2 aromatic rings. The number of benzene rings is 2. The van der Waals surface area contributed by atoms with Gasteiger partial charge in [0, 0.05) is 18.7 Å². The van der Waals surface area contributed by atoms with Gasteiger partial charge in [-0.3, -0.25) is 9.59 Å². The van der Waals surface area contributed by atoms with E-state index in [-0.39, 0.29) is 18.4 Å². The highest BCUT2D eigenvalue weighted by molar-refractivity contribution is 5.94. The maximum Gasteiger partial charge on any atom is 0.258 e. The quantitative estimate of drug-likeness (QED) is 0.768. The number of hydrogen-bond acceptors (Lipinski definition) is 3. The summed E-state index contributed by atoms with van der Waals surface area (Å²) >= 11 is 0. The van der Waals surface area contributed by atoms with Gasteiger partial charge in [-0.15, -0.1) is 0 Å². The second kappa shape index (κ2) is 8.58. The molecule has 0 aliphatic heterocycles. The minimum atomic E-state index is -0.222. The van der Waals surface area contributed by atoms with Crippen molar-refractivity contribution in [2.45, 2.75) is 6.92 Å². The summed E-state index contributed by atoms with van der Waals surface area (Å²) in [7, 11) is 0. The summed E-state index contributed by atoms with van der Waals surface area (Å²) in [4.78, 5) is 23.5. The molecule has 2 aromatic carbocycles. The second-order valence-corrected chi connectivity index (χ2v) is 5.08. The topological polar surface area (TPSA) is 67.4 Å². The Hall–Kier alpha value is -2.82. The van der Waals surface area contributed by atoms with Crippen molar-refractivity contribution < 1.29 is 14.3 Å². The van der Waals surface area contributed by atoms with Crippen LogP contribution in [0, 0.1) is 6.92 Å². The summed E-state index contributed by atoms with van der Waals surface area (Å²) in [6, 6.07) is 16.5. The lowest BCUT2D eigenvalue weighted by Gasteiger charge is -2.09. The fraction of sp³-hybridized carbons (Fsp3) is 0.222. The highest BCUT2D eigenvalue weighted by Gasteiger charge is 2.05. The smallest absolute Gasteiger partial charge is 0.258 e. The van der Waals surface area contributed by atoms with Gasteiger partial charge in [-0.2, -0.15) is 0 Å². The lowest BCUT2D eigenvalue weighted by atomic mass is 10.2. The minimum Gasteiger partial charge on any atom is -0.484 e. The molecule has 23 heavy (non-hydrogen) atoms. The van der Waals surface area contributed by atoms with Gasteiger partial charge in [0.2, 0.25) is 0 Å². The van der Waals surface area contributed by atoms with Gasteiger partial charge in [-0.25, -0.2) is 0 Å². The van der Waals surface area contributed by atoms with Gasteiger partial charge < -0.3 is 15.4 Å². The number of rotatable bonds is 7. The molecule has 0 spiro atoms. The first-order valence-electron chi connectivity index (χ1n) is 7.44. The average Bonchev–Trinajstić information content (AvgIpc) is 2.57. The largest absolute Gasteiger partial charge is 0.484 e. The maximum absolute atomic E-state index is 11.8. The van der Waals surface area contributed by atoms with Crippen molar-refractivity contribution >= 4 is 11.8 Å². The van der Waals surface area contributed by atoms with Gasteiger partial charge in [0.15, 0.2) is 6.61 Å². The van der Waals surface area contributed by atoms with E-state index in [1.165, 1.54) is 0 Å². The third-order valence-electron chi connectivity index (χ3n) is 3.13. The number of carbonyl (C=O) groups is 2. The number of nitrogens with one attached hydrogen (secondary N) is 2. The van der Waals surface area contributed by atoms with Crippen molar-refractivity contribution in [1.82, 2.24) is 10.6 Å². The fourth-order valence-corrected chi connectivity index (χ4v) is 1.97. The second-order valence-electron chi connectivity index (χ2n) is 5.08. The molecule has 0 heterocycles. The zero-order valence-corrected chi connectivity index (χ0v) is 13.0. The molecule has 0 unspecified atom stereocenters. The van der Waals surface area contributed by atoms with E-state index in [1.54, 1.807) is 30.3 Å². The normalized spacial score (nSPS) is 9.96. The standard InChI is InChI=1S/C18H20N2O3/c1-14-6-5-9-16(12-14)23-13-17(21)19-10-11-20-18(22)15-7-3-2-4-8-15/h2-9,12H,10-11,13H2,1H3,(H,19,21)(H,20,22). The summed E-state index contributed by atoms with van der Waals surface area (Å²) < 4.78 is 5.40. The third kappa shape index (κ3) is 5.82. The van der Waals surface area contributed by atoms with Crippen molar-refractivity contribution in [2.24, 2.45) is 0 Å². The Balaban J connectivity index is 1.62. The zero-order valence-electron chi connectivity index (χ0n) is 13.0. The van der Waals surface area contributed by atoms with Gasteiger partial charge in [-0.1, -0.05) is 30.3 Å². The van der Waals surface area contributed by atoms with E-state index in [2.05, 4.69) is 10.6 Å². The molecular formula is C18H20N2O3. The number of aryl methyl sites for hydroxylation is 1. The van der Waals surface area contributed by atoms with Crippen LogP contribution in [0.1, 0.15) is 15.9 Å². The summed E-state index contributed by atoms with van der Waals surface area (Å²) in [6.45, 7) is 2.64. The van der Waals surface area contributed by atoms with E-state index < -0.39 is 0 Å². The molecule has 2 amide bonds. The molecule has 5 heteroatoms. The molecule has 0 aliphatic carbocycles. The van der Waals surface area contributed by atoms with Crippen LogP contribution in [-0.4, -0.2) is 31.5 Å². The molecule has 0 bridgehead atoms. The van der Waals surface area contributed by atoms with Crippen molar-refractivity contribution in [3.8, 4) is 5.75 Å². The first-order valence-corrected chi connectivity index (χ1v) is 7.44. The van der Waals surface area contributed by atoms with Crippen LogP contribution in [-0.2, 0) is 4.79 Å². The number of hydrogen-bond donors (Lipinski definition) is 2. The molecule has 0 fully saturated rings. The van der Waals surface area contributed by atoms with E-state index in [9.17, 15) is 9.59 Å². The molecule has 0 aliphatic rings.